The van der Waals surface area contributed by atoms with Crippen molar-refractivity contribution >= 4 is 24.8 Å². The van der Waals surface area contributed by atoms with E-state index in [2.05, 4.69) is 17.1 Å². The molecule has 0 aromatic carbocycles. The highest BCUT2D eigenvalue weighted by atomic mass is 35.5. The van der Waals surface area contributed by atoms with Crippen molar-refractivity contribution in [2.75, 3.05) is 19.6 Å². The van der Waals surface area contributed by atoms with Gasteiger partial charge in [0.05, 0.1) is 0 Å². The maximum Gasteiger partial charge on any atom is 0.0284 e. The fourth-order valence-electron chi connectivity index (χ4n) is 2.15. The van der Waals surface area contributed by atoms with E-state index in [0.717, 1.165) is 24.9 Å². The Hall–Kier alpha value is 0.240. The highest BCUT2D eigenvalue weighted by molar-refractivity contribution is 5.85. The molecular formula is C9H18Cl2N2. The lowest BCUT2D eigenvalue weighted by Crippen LogP contribution is -2.31. The van der Waals surface area contributed by atoms with E-state index in [4.69, 9.17) is 5.73 Å². The molecule has 13 heavy (non-hydrogen) atoms. The van der Waals surface area contributed by atoms with E-state index in [1.807, 2.05) is 0 Å². The molecule has 2 rings (SSSR count). The summed E-state index contributed by atoms with van der Waals surface area (Å²) in [5, 5.41) is 0. The first kappa shape index (κ1) is 13.2. The average molecular weight is 225 g/mol. The summed E-state index contributed by atoms with van der Waals surface area (Å²) in [7, 11) is 0. The summed E-state index contributed by atoms with van der Waals surface area (Å²) in [6.07, 6.45) is 7.23. The minimum atomic E-state index is 0. The van der Waals surface area contributed by atoms with Gasteiger partial charge in [0.2, 0.25) is 0 Å². The predicted octanol–water partition coefficient (Wildman–Crippen LogP) is 1.44. The second-order valence-electron chi connectivity index (χ2n) is 3.59. The van der Waals surface area contributed by atoms with Crippen LogP contribution >= 0.6 is 24.8 Å². The number of rotatable bonds is 3. The minimum Gasteiger partial charge on any atom is -0.330 e. The quantitative estimate of drug-likeness (QED) is 0.736. The van der Waals surface area contributed by atoms with Crippen LogP contribution in [0.4, 0.5) is 0 Å². The Morgan fingerprint density at radius 2 is 2.08 bits per heavy atom. The summed E-state index contributed by atoms with van der Waals surface area (Å²) in [5.41, 5.74) is 5.46. The number of halogens is 2. The molecule has 0 aromatic heterocycles. The average Bonchev–Trinajstić information content (AvgIpc) is 2.60. The van der Waals surface area contributed by atoms with Gasteiger partial charge in [0.15, 0.2) is 0 Å². The van der Waals surface area contributed by atoms with E-state index in [1.54, 1.807) is 0 Å². The van der Waals surface area contributed by atoms with Gasteiger partial charge in [0, 0.05) is 12.6 Å². The second-order valence-corrected chi connectivity index (χ2v) is 3.59. The maximum absolute atomic E-state index is 5.46. The van der Waals surface area contributed by atoms with Crippen LogP contribution < -0.4 is 5.73 Å². The fraction of sp³-hybridized carbons (Fsp3) is 0.778. The molecule has 1 aliphatic carbocycles. The fourth-order valence-corrected chi connectivity index (χ4v) is 2.15. The molecule has 2 aliphatic rings. The minimum absolute atomic E-state index is 0. The molecule has 2 N–H and O–H groups in total. The summed E-state index contributed by atoms with van der Waals surface area (Å²) in [5.74, 6) is 0.859. The number of nitrogens with zero attached hydrogens (tertiary/aromatic N) is 1. The predicted molar refractivity (Wildman–Crippen MR) is 60.8 cm³/mol. The Kier molecular flexibility index (Phi) is 5.97. The van der Waals surface area contributed by atoms with Crippen LogP contribution in [0.25, 0.3) is 0 Å². The second kappa shape index (κ2) is 5.86. The van der Waals surface area contributed by atoms with Crippen LogP contribution in [0.2, 0.25) is 0 Å². The first-order valence-electron chi connectivity index (χ1n) is 4.52. The number of nitrogens with two attached hydrogens (primary N) is 1. The van der Waals surface area contributed by atoms with Gasteiger partial charge in [0.25, 0.3) is 0 Å². The topological polar surface area (TPSA) is 29.3 Å². The normalized spacial score (nSPS) is 29.9. The third kappa shape index (κ3) is 2.84. The molecule has 2 bridgehead atoms. The van der Waals surface area contributed by atoms with E-state index in [1.165, 1.54) is 19.5 Å². The van der Waals surface area contributed by atoms with Gasteiger partial charge in [0.1, 0.15) is 0 Å². The third-order valence-electron chi connectivity index (χ3n) is 2.74. The summed E-state index contributed by atoms with van der Waals surface area (Å²) >= 11 is 0. The van der Waals surface area contributed by atoms with Gasteiger partial charge < -0.3 is 5.73 Å². The van der Waals surface area contributed by atoms with Gasteiger partial charge in [-0.2, -0.15) is 0 Å². The molecule has 1 saturated heterocycles. The highest BCUT2D eigenvalue weighted by Crippen LogP contribution is 2.30. The molecule has 0 amide bonds. The lowest BCUT2D eigenvalue weighted by Gasteiger charge is -2.22. The van der Waals surface area contributed by atoms with E-state index in [-0.39, 0.29) is 24.8 Å². The van der Waals surface area contributed by atoms with Crippen molar-refractivity contribution in [1.82, 2.24) is 4.90 Å². The molecule has 0 spiro atoms. The van der Waals surface area contributed by atoms with Crippen LogP contribution in [0, 0.1) is 5.92 Å². The third-order valence-corrected chi connectivity index (χ3v) is 2.74. The molecule has 78 valence electrons. The van der Waals surface area contributed by atoms with Crippen LogP contribution in [0.5, 0.6) is 0 Å². The smallest absolute Gasteiger partial charge is 0.0284 e. The van der Waals surface area contributed by atoms with E-state index in [0.29, 0.717) is 0 Å². The molecule has 0 saturated carbocycles. The van der Waals surface area contributed by atoms with Crippen molar-refractivity contribution in [2.45, 2.75) is 18.9 Å². The van der Waals surface area contributed by atoms with Crippen molar-refractivity contribution in [3.63, 3.8) is 0 Å². The monoisotopic (exact) mass is 224 g/mol. The lowest BCUT2D eigenvalue weighted by atomic mass is 10.2. The van der Waals surface area contributed by atoms with Crippen molar-refractivity contribution in [3.05, 3.63) is 12.2 Å². The van der Waals surface area contributed by atoms with E-state index < -0.39 is 0 Å². The lowest BCUT2D eigenvalue weighted by molar-refractivity contribution is 0.278. The van der Waals surface area contributed by atoms with Crippen LogP contribution in [0.3, 0.4) is 0 Å². The van der Waals surface area contributed by atoms with Crippen LogP contribution in [0.15, 0.2) is 12.2 Å². The Bertz CT molecular complexity index is 173. The molecule has 4 heteroatoms. The van der Waals surface area contributed by atoms with Crippen molar-refractivity contribution in [1.29, 1.82) is 0 Å². The molecule has 2 nitrogen and oxygen atoms in total. The molecule has 2 unspecified atom stereocenters. The molecular weight excluding hydrogens is 207 g/mol. The molecule has 0 aromatic rings. The molecule has 2 atom stereocenters. The Morgan fingerprint density at radius 3 is 2.54 bits per heavy atom. The van der Waals surface area contributed by atoms with Gasteiger partial charge in [-0.1, -0.05) is 12.2 Å². The van der Waals surface area contributed by atoms with Crippen LogP contribution in [-0.2, 0) is 0 Å². The van der Waals surface area contributed by atoms with Gasteiger partial charge in [-0.05, 0) is 31.8 Å². The standard InChI is InChI=1S/C9H16N2.2ClH/c10-4-1-5-11-7-8-2-3-9(11)6-8;;/h2-3,8-9H,1,4-7,10H2;2*1H. The van der Waals surface area contributed by atoms with E-state index >= 15 is 0 Å². The zero-order chi connectivity index (χ0) is 7.68. The largest absolute Gasteiger partial charge is 0.330 e. The van der Waals surface area contributed by atoms with Crippen molar-refractivity contribution in [3.8, 4) is 0 Å². The zero-order valence-electron chi connectivity index (χ0n) is 7.69. The summed E-state index contributed by atoms with van der Waals surface area (Å²) < 4.78 is 0. The van der Waals surface area contributed by atoms with Gasteiger partial charge in [-0.3, -0.25) is 4.90 Å². The molecule has 1 aliphatic heterocycles. The maximum atomic E-state index is 5.46. The number of hydrogen-bond acceptors (Lipinski definition) is 2. The van der Waals surface area contributed by atoms with Crippen molar-refractivity contribution < 1.29 is 0 Å². The summed E-state index contributed by atoms with van der Waals surface area (Å²) in [6.45, 7) is 3.31. The summed E-state index contributed by atoms with van der Waals surface area (Å²) in [6, 6.07) is 0.756. The zero-order valence-corrected chi connectivity index (χ0v) is 9.32. The molecule has 1 heterocycles. The molecule has 0 radical (unpaired) electrons. The number of fused-ring (bicyclic) bond motifs is 2. The first-order valence-corrected chi connectivity index (χ1v) is 4.52. The SMILES string of the molecule is Cl.Cl.NCCCN1CC2C=CC1C2. The summed E-state index contributed by atoms with van der Waals surface area (Å²) in [4.78, 5) is 2.55. The van der Waals surface area contributed by atoms with Gasteiger partial charge >= 0.3 is 0 Å². The number of likely N-dealkylation sites (tertiary alicyclic amines) is 1. The number of hydrogen-bond donors (Lipinski definition) is 1. The molecule has 1 fully saturated rings. The highest BCUT2D eigenvalue weighted by Gasteiger charge is 2.32. The van der Waals surface area contributed by atoms with Gasteiger partial charge in [-0.25, -0.2) is 0 Å². The van der Waals surface area contributed by atoms with Crippen LogP contribution in [0.1, 0.15) is 12.8 Å². The van der Waals surface area contributed by atoms with E-state index in [9.17, 15) is 0 Å². The van der Waals surface area contributed by atoms with Crippen molar-refractivity contribution in [2.24, 2.45) is 11.7 Å². The Balaban J connectivity index is 0.000000720. The van der Waals surface area contributed by atoms with Crippen LogP contribution in [-0.4, -0.2) is 30.6 Å². The Morgan fingerprint density at radius 1 is 1.31 bits per heavy atom. The van der Waals surface area contributed by atoms with Gasteiger partial charge in [-0.15, -0.1) is 24.8 Å². The first-order chi connectivity index (χ1) is 5.40. The Labute approximate surface area is 92.4 Å².